The van der Waals surface area contributed by atoms with Gasteiger partial charge in [0.25, 0.3) is 11.8 Å². The minimum absolute atomic E-state index is 0.213. The van der Waals surface area contributed by atoms with E-state index in [1.165, 1.54) is 0 Å². The summed E-state index contributed by atoms with van der Waals surface area (Å²) in [4.78, 5) is 28.7. The fourth-order valence-corrected chi connectivity index (χ4v) is 3.01. The summed E-state index contributed by atoms with van der Waals surface area (Å²) in [5.41, 5.74) is 6.83. The summed E-state index contributed by atoms with van der Waals surface area (Å²) in [6, 6.07) is 14.4. The number of amides is 2. The van der Waals surface area contributed by atoms with Crippen LogP contribution in [0, 0.1) is 13.8 Å². The number of halogens is 1. The molecule has 3 aromatic rings. The average Bonchev–Trinajstić information content (AvgIpc) is 3.00. The van der Waals surface area contributed by atoms with Crippen molar-refractivity contribution in [1.29, 1.82) is 0 Å². The van der Waals surface area contributed by atoms with Crippen molar-refractivity contribution >= 4 is 27.7 Å². The molecule has 144 valence electrons. The van der Waals surface area contributed by atoms with Crippen LogP contribution in [0.25, 0.3) is 5.82 Å². The molecule has 0 saturated carbocycles. The molecule has 2 amide bonds. The first-order valence-electron chi connectivity index (χ1n) is 8.53. The molecule has 1 aromatic carbocycles. The Morgan fingerprint density at radius 3 is 2.54 bits per heavy atom. The van der Waals surface area contributed by atoms with Gasteiger partial charge in [-0.15, -0.1) is 0 Å². The Kier molecular flexibility index (Phi) is 6.10. The van der Waals surface area contributed by atoms with Gasteiger partial charge in [0, 0.05) is 22.1 Å². The number of pyridine rings is 1. The molecule has 0 aliphatic rings. The molecule has 2 N–H and O–H groups in total. The van der Waals surface area contributed by atoms with Crippen LogP contribution in [-0.2, 0) is 4.79 Å². The number of hydrogen-bond acceptors (Lipinski definition) is 4. The van der Waals surface area contributed by atoms with Crippen molar-refractivity contribution in [3.8, 4) is 11.6 Å². The summed E-state index contributed by atoms with van der Waals surface area (Å²) in [7, 11) is 0. The zero-order chi connectivity index (χ0) is 20.1. The van der Waals surface area contributed by atoms with Crippen molar-refractivity contribution in [2.45, 2.75) is 13.8 Å². The molecule has 0 atom stereocenters. The van der Waals surface area contributed by atoms with Crippen molar-refractivity contribution < 1.29 is 14.3 Å². The lowest BCUT2D eigenvalue weighted by atomic mass is 10.2. The topological polar surface area (TPSA) is 85.3 Å². The lowest BCUT2D eigenvalue weighted by Gasteiger charge is -2.10. The Labute approximate surface area is 170 Å². The molecule has 0 aliphatic heterocycles. The van der Waals surface area contributed by atoms with Crippen LogP contribution in [0.1, 0.15) is 21.7 Å². The Morgan fingerprint density at radius 1 is 1.11 bits per heavy atom. The number of aromatic nitrogens is 2. The maximum Gasteiger partial charge on any atom is 0.276 e. The van der Waals surface area contributed by atoms with Crippen LogP contribution in [-0.4, -0.2) is 28.0 Å². The average molecular weight is 443 g/mol. The fraction of sp³-hybridized carbons (Fsp3) is 0.150. The highest BCUT2D eigenvalue weighted by Crippen LogP contribution is 2.19. The molecule has 0 fully saturated rings. The number of nitrogens with one attached hydrogen (secondary N) is 2. The summed E-state index contributed by atoms with van der Waals surface area (Å²) in [5.74, 6) is 0.411. The van der Waals surface area contributed by atoms with Gasteiger partial charge in [0.1, 0.15) is 11.6 Å². The third-order valence-electron chi connectivity index (χ3n) is 4.05. The first-order chi connectivity index (χ1) is 13.5. The lowest BCUT2D eigenvalue weighted by Crippen LogP contribution is -2.44. The van der Waals surface area contributed by atoms with Gasteiger partial charge in [-0.1, -0.05) is 22.0 Å². The van der Waals surface area contributed by atoms with Gasteiger partial charge < -0.3 is 9.30 Å². The van der Waals surface area contributed by atoms with Gasteiger partial charge in [-0.2, -0.15) is 0 Å². The van der Waals surface area contributed by atoms with Crippen LogP contribution in [0.3, 0.4) is 0 Å². The van der Waals surface area contributed by atoms with Crippen molar-refractivity contribution in [2.75, 3.05) is 6.61 Å². The number of aryl methyl sites for hydroxylation is 1. The van der Waals surface area contributed by atoms with Gasteiger partial charge in [-0.05, 0) is 56.3 Å². The van der Waals surface area contributed by atoms with Crippen molar-refractivity contribution in [3.63, 3.8) is 0 Å². The largest absolute Gasteiger partial charge is 0.484 e. The van der Waals surface area contributed by atoms with Crippen LogP contribution in [0.5, 0.6) is 5.75 Å². The molecule has 7 nitrogen and oxygen atoms in total. The smallest absolute Gasteiger partial charge is 0.276 e. The number of ether oxygens (including phenoxy) is 1. The minimum Gasteiger partial charge on any atom is -0.484 e. The maximum atomic E-state index is 12.5. The van der Waals surface area contributed by atoms with E-state index in [1.54, 1.807) is 24.4 Å². The van der Waals surface area contributed by atoms with Crippen LogP contribution in [0.2, 0.25) is 0 Å². The minimum atomic E-state index is -0.463. The SMILES string of the molecule is Cc1cc(C(=O)NNC(=O)COc2ccc(Br)cc2)c(C)n1-c1ccccn1. The second-order valence-electron chi connectivity index (χ2n) is 6.05. The molecule has 3 rings (SSSR count). The fourth-order valence-electron chi connectivity index (χ4n) is 2.74. The van der Waals surface area contributed by atoms with E-state index in [-0.39, 0.29) is 6.61 Å². The predicted octanol–water partition coefficient (Wildman–Crippen LogP) is 3.09. The van der Waals surface area contributed by atoms with E-state index in [4.69, 9.17) is 4.74 Å². The number of hydrogen-bond donors (Lipinski definition) is 2. The molecule has 0 unspecified atom stereocenters. The van der Waals surface area contributed by atoms with Gasteiger partial charge in [0.15, 0.2) is 6.61 Å². The molecule has 0 aliphatic carbocycles. The Hall–Kier alpha value is -3.13. The third kappa shape index (κ3) is 4.58. The summed E-state index contributed by atoms with van der Waals surface area (Å²) >= 11 is 3.33. The van der Waals surface area contributed by atoms with Crippen LogP contribution < -0.4 is 15.6 Å². The molecule has 28 heavy (non-hydrogen) atoms. The zero-order valence-corrected chi connectivity index (χ0v) is 17.0. The second-order valence-corrected chi connectivity index (χ2v) is 6.97. The Bertz CT molecular complexity index is 985. The van der Waals surface area contributed by atoms with E-state index in [1.807, 2.05) is 48.7 Å². The van der Waals surface area contributed by atoms with Gasteiger partial charge in [0.05, 0.1) is 5.56 Å². The van der Waals surface area contributed by atoms with Gasteiger partial charge in [-0.25, -0.2) is 4.98 Å². The molecule has 8 heteroatoms. The normalized spacial score (nSPS) is 10.4. The summed E-state index contributed by atoms with van der Waals surface area (Å²) < 4.78 is 8.17. The van der Waals surface area contributed by atoms with Crippen LogP contribution >= 0.6 is 15.9 Å². The number of carbonyl (C=O) groups is 2. The number of hydrazine groups is 1. The van der Waals surface area contributed by atoms with Gasteiger partial charge >= 0.3 is 0 Å². The van der Waals surface area contributed by atoms with Crippen LogP contribution in [0.15, 0.2) is 59.2 Å². The number of carbonyl (C=O) groups excluding carboxylic acids is 2. The molecule has 0 radical (unpaired) electrons. The van der Waals surface area contributed by atoms with Crippen molar-refractivity contribution in [1.82, 2.24) is 20.4 Å². The molecule has 2 aromatic heterocycles. The molecule has 0 saturated heterocycles. The number of nitrogens with zero attached hydrogens (tertiary/aromatic N) is 2. The molecule has 0 bridgehead atoms. The monoisotopic (exact) mass is 442 g/mol. The zero-order valence-electron chi connectivity index (χ0n) is 15.4. The number of benzene rings is 1. The van der Waals surface area contributed by atoms with Gasteiger partial charge in [0.2, 0.25) is 0 Å². The molecule has 2 heterocycles. The third-order valence-corrected chi connectivity index (χ3v) is 4.58. The highest BCUT2D eigenvalue weighted by atomic mass is 79.9. The van der Waals surface area contributed by atoms with E-state index >= 15 is 0 Å². The van der Waals surface area contributed by atoms with E-state index in [2.05, 4.69) is 31.8 Å². The molecular formula is C20H19BrN4O3. The number of rotatable bonds is 5. The Balaban J connectivity index is 1.59. The first-order valence-corrected chi connectivity index (χ1v) is 9.33. The van der Waals surface area contributed by atoms with E-state index in [0.29, 0.717) is 11.3 Å². The van der Waals surface area contributed by atoms with Crippen LogP contribution in [0.4, 0.5) is 0 Å². The summed E-state index contributed by atoms with van der Waals surface area (Å²) in [6.07, 6.45) is 1.69. The summed E-state index contributed by atoms with van der Waals surface area (Å²) in [6.45, 7) is 3.51. The maximum absolute atomic E-state index is 12.5. The van der Waals surface area contributed by atoms with Gasteiger partial charge in [-0.3, -0.25) is 20.4 Å². The Morgan fingerprint density at radius 2 is 1.86 bits per heavy atom. The summed E-state index contributed by atoms with van der Waals surface area (Å²) in [5, 5.41) is 0. The van der Waals surface area contributed by atoms with E-state index < -0.39 is 11.8 Å². The van der Waals surface area contributed by atoms with E-state index in [0.717, 1.165) is 21.7 Å². The van der Waals surface area contributed by atoms with Crippen molar-refractivity contribution in [3.05, 3.63) is 76.2 Å². The quantitative estimate of drug-likeness (QED) is 0.594. The van der Waals surface area contributed by atoms with Crippen molar-refractivity contribution in [2.24, 2.45) is 0 Å². The molecule has 0 spiro atoms. The standard InChI is InChI=1S/C20H19BrN4O3/c1-13-11-17(14(2)25(13)18-5-3-4-10-22-18)20(27)24-23-19(26)12-28-16-8-6-15(21)7-9-16/h3-11H,12H2,1-2H3,(H,23,26)(H,24,27). The highest BCUT2D eigenvalue weighted by molar-refractivity contribution is 9.10. The lowest BCUT2D eigenvalue weighted by molar-refractivity contribution is -0.123. The highest BCUT2D eigenvalue weighted by Gasteiger charge is 2.17. The molecular weight excluding hydrogens is 424 g/mol. The van der Waals surface area contributed by atoms with E-state index in [9.17, 15) is 9.59 Å². The predicted molar refractivity (Wildman–Crippen MR) is 108 cm³/mol. The first kappa shape index (κ1) is 19.6. The second kappa shape index (κ2) is 8.71.